The fourth-order valence-corrected chi connectivity index (χ4v) is 8.04. The Morgan fingerprint density at radius 3 is 2.33 bits per heavy atom. The van der Waals surface area contributed by atoms with E-state index in [4.69, 9.17) is 11.6 Å². The first kappa shape index (κ1) is 33.7. The molecule has 6 rings (SSSR count). The number of nitrogens with one attached hydrogen (secondary N) is 3. The van der Waals surface area contributed by atoms with Crippen LogP contribution in [0, 0.1) is 11.3 Å². The predicted octanol–water partition coefficient (Wildman–Crippen LogP) is 9.03. The molecule has 1 unspecified atom stereocenters. The van der Waals surface area contributed by atoms with Gasteiger partial charge in [-0.1, -0.05) is 84.4 Å². The van der Waals surface area contributed by atoms with Crippen LogP contribution in [-0.4, -0.2) is 17.7 Å². The molecule has 1 aromatic heterocycles. The van der Waals surface area contributed by atoms with Gasteiger partial charge < -0.3 is 16.0 Å². The van der Waals surface area contributed by atoms with Crippen LogP contribution >= 0.6 is 34.7 Å². The zero-order valence-corrected chi connectivity index (χ0v) is 28.6. The molecule has 1 heterocycles. The molecule has 3 N–H and O–H groups in total. The van der Waals surface area contributed by atoms with Crippen molar-refractivity contribution in [3.63, 3.8) is 0 Å². The molecule has 49 heavy (non-hydrogen) atoms. The van der Waals surface area contributed by atoms with E-state index < -0.39 is 17.1 Å². The van der Waals surface area contributed by atoms with E-state index in [1.807, 2.05) is 36.4 Å². The Balaban J connectivity index is 1.24. The van der Waals surface area contributed by atoms with Gasteiger partial charge in [-0.3, -0.25) is 14.4 Å². The third-order valence-corrected chi connectivity index (χ3v) is 10.7. The first-order chi connectivity index (χ1) is 23.9. The number of aryl methyl sites for hydroxylation is 1. The lowest BCUT2D eigenvalue weighted by atomic mass is 9.96. The first-order valence-corrected chi connectivity index (χ1v) is 17.8. The third-order valence-electron chi connectivity index (χ3n) is 7.94. The van der Waals surface area contributed by atoms with Crippen LogP contribution in [0.5, 0.6) is 0 Å². The van der Waals surface area contributed by atoms with Crippen LogP contribution in [0.2, 0.25) is 5.02 Å². The van der Waals surface area contributed by atoms with E-state index in [1.165, 1.54) is 34.1 Å². The Kier molecular flexibility index (Phi) is 10.9. The summed E-state index contributed by atoms with van der Waals surface area (Å²) >= 11 is 9.22. The van der Waals surface area contributed by atoms with E-state index in [2.05, 4.69) is 22.0 Å². The monoisotopic (exact) mass is 702 g/mol. The number of amides is 3. The Morgan fingerprint density at radius 2 is 1.57 bits per heavy atom. The summed E-state index contributed by atoms with van der Waals surface area (Å²) in [5.41, 5.74) is 3.86. The maximum atomic E-state index is 13.9. The van der Waals surface area contributed by atoms with Crippen LogP contribution in [0.15, 0.2) is 120 Å². The number of carbonyl (C=O) groups is 3. The van der Waals surface area contributed by atoms with E-state index in [9.17, 15) is 19.6 Å². The van der Waals surface area contributed by atoms with Gasteiger partial charge in [0, 0.05) is 26.0 Å². The molecule has 0 saturated carbocycles. The molecule has 0 spiro atoms. The van der Waals surface area contributed by atoms with Crippen molar-refractivity contribution in [2.24, 2.45) is 0 Å². The minimum absolute atomic E-state index is 0.00786. The number of carbonyl (C=O) groups excluding carboxylic acids is 3. The average molecular weight is 703 g/mol. The van der Waals surface area contributed by atoms with Crippen molar-refractivity contribution < 1.29 is 14.4 Å². The molecule has 4 aromatic carbocycles. The molecule has 0 saturated heterocycles. The summed E-state index contributed by atoms with van der Waals surface area (Å²) in [4.78, 5) is 42.6. The second kappa shape index (κ2) is 15.8. The number of thioether (sulfide) groups is 1. The number of hydrogen-bond acceptors (Lipinski definition) is 6. The average Bonchev–Trinajstić information content (AvgIpc) is 3.48. The van der Waals surface area contributed by atoms with Crippen LogP contribution < -0.4 is 16.0 Å². The number of hydrogen-bond donors (Lipinski definition) is 3. The Bertz CT molecular complexity index is 2070. The highest BCUT2D eigenvalue weighted by molar-refractivity contribution is 8.00. The van der Waals surface area contributed by atoms with Crippen molar-refractivity contribution in [2.45, 2.75) is 35.8 Å². The van der Waals surface area contributed by atoms with Gasteiger partial charge in [0.1, 0.15) is 22.0 Å². The normalized spacial score (nSPS) is 13.0. The molecule has 0 fully saturated rings. The standard InChI is InChI=1S/C39H31ClN4O3S2/c40-32-20-9-7-16-27(32)22-33(43-36(45)26-14-5-2-6-15-26)37(46)42-28-17-11-18-29(23-28)48-35(25-12-3-1-4-13-25)38(47)44-39-31(24-41)30-19-8-10-21-34(30)49-39/h1-7,9,11-18,20,22-23,35H,8,10,19,21H2,(H,42,46)(H,43,45)(H,44,47)/b33-22+. The van der Waals surface area contributed by atoms with Crippen molar-refractivity contribution in [3.8, 4) is 6.07 Å². The van der Waals surface area contributed by atoms with Crippen LogP contribution in [0.25, 0.3) is 6.08 Å². The van der Waals surface area contributed by atoms with Gasteiger partial charge in [-0.05, 0) is 84.8 Å². The molecule has 3 amide bonds. The van der Waals surface area contributed by atoms with Gasteiger partial charge >= 0.3 is 0 Å². The maximum Gasteiger partial charge on any atom is 0.272 e. The number of halogens is 1. The Labute approximate surface area is 298 Å². The maximum absolute atomic E-state index is 13.9. The highest BCUT2D eigenvalue weighted by Gasteiger charge is 2.27. The first-order valence-electron chi connectivity index (χ1n) is 15.7. The molecular weight excluding hydrogens is 672 g/mol. The number of thiophene rings is 1. The minimum Gasteiger partial charge on any atom is -0.321 e. The van der Waals surface area contributed by atoms with E-state index in [0.29, 0.717) is 32.4 Å². The summed E-state index contributed by atoms with van der Waals surface area (Å²) < 4.78 is 0. The van der Waals surface area contributed by atoms with Gasteiger partial charge in [-0.25, -0.2) is 0 Å². The van der Waals surface area contributed by atoms with Crippen LogP contribution in [0.3, 0.4) is 0 Å². The summed E-state index contributed by atoms with van der Waals surface area (Å²) in [5, 5.41) is 19.0. The number of anilines is 2. The van der Waals surface area contributed by atoms with Gasteiger partial charge in [-0.2, -0.15) is 5.26 Å². The molecule has 1 aliphatic carbocycles. The number of nitriles is 1. The second-order valence-corrected chi connectivity index (χ2v) is 14.0. The van der Waals surface area contributed by atoms with E-state index in [0.717, 1.165) is 41.7 Å². The smallest absolute Gasteiger partial charge is 0.272 e. The molecule has 0 bridgehead atoms. The molecule has 7 nitrogen and oxygen atoms in total. The van der Waals surface area contributed by atoms with Gasteiger partial charge in [0.05, 0.1) is 5.56 Å². The summed E-state index contributed by atoms with van der Waals surface area (Å²) in [6.07, 6.45) is 5.43. The second-order valence-electron chi connectivity index (χ2n) is 11.3. The Morgan fingerprint density at radius 1 is 0.857 bits per heavy atom. The van der Waals surface area contributed by atoms with Crippen molar-refractivity contribution in [2.75, 3.05) is 10.6 Å². The lowest BCUT2D eigenvalue weighted by molar-refractivity contribution is -0.116. The molecule has 1 atom stereocenters. The van der Waals surface area contributed by atoms with Crippen molar-refractivity contribution >= 4 is 69.2 Å². The fourth-order valence-electron chi connectivity index (χ4n) is 5.52. The van der Waals surface area contributed by atoms with Crippen molar-refractivity contribution in [1.29, 1.82) is 5.26 Å². The quantitative estimate of drug-likeness (QED) is 0.0994. The molecule has 1 aliphatic rings. The van der Waals surface area contributed by atoms with Crippen LogP contribution in [0.1, 0.15) is 55.6 Å². The molecule has 5 aromatic rings. The van der Waals surface area contributed by atoms with Gasteiger partial charge in [0.15, 0.2) is 0 Å². The summed E-state index contributed by atoms with van der Waals surface area (Å²) in [5.74, 6) is -1.23. The predicted molar refractivity (Wildman–Crippen MR) is 198 cm³/mol. The fraction of sp³-hybridized carbons (Fsp3) is 0.128. The minimum atomic E-state index is -0.640. The third kappa shape index (κ3) is 8.30. The van der Waals surface area contributed by atoms with E-state index >= 15 is 0 Å². The van der Waals surface area contributed by atoms with Gasteiger partial charge in [0.2, 0.25) is 5.91 Å². The zero-order chi connectivity index (χ0) is 34.2. The molecule has 10 heteroatoms. The lowest BCUT2D eigenvalue weighted by Gasteiger charge is -2.17. The summed E-state index contributed by atoms with van der Waals surface area (Å²) in [7, 11) is 0. The van der Waals surface area contributed by atoms with Crippen LogP contribution in [-0.2, 0) is 22.4 Å². The summed E-state index contributed by atoms with van der Waals surface area (Å²) in [6, 6.07) is 34.6. The highest BCUT2D eigenvalue weighted by Crippen LogP contribution is 2.41. The summed E-state index contributed by atoms with van der Waals surface area (Å²) in [6.45, 7) is 0. The zero-order valence-electron chi connectivity index (χ0n) is 26.2. The van der Waals surface area contributed by atoms with Crippen LogP contribution in [0.4, 0.5) is 10.7 Å². The SMILES string of the molecule is N#Cc1c(NC(=O)C(Sc2cccc(NC(=O)/C(=C\c3ccccc3Cl)NC(=O)c3ccccc3)c2)c2ccccc2)sc2c1CCCC2. The van der Waals surface area contributed by atoms with E-state index in [-0.39, 0.29) is 11.6 Å². The number of rotatable bonds is 10. The Hall–Kier alpha value is -5.14. The molecular formula is C39H31ClN4O3S2. The number of nitrogens with zero attached hydrogens (tertiary/aromatic N) is 1. The van der Waals surface area contributed by atoms with Gasteiger partial charge in [0.25, 0.3) is 11.8 Å². The largest absolute Gasteiger partial charge is 0.321 e. The number of benzene rings is 4. The van der Waals surface area contributed by atoms with E-state index in [1.54, 1.807) is 72.8 Å². The lowest BCUT2D eigenvalue weighted by Crippen LogP contribution is -2.30. The van der Waals surface area contributed by atoms with Crippen molar-refractivity contribution in [1.82, 2.24) is 5.32 Å². The number of fused-ring (bicyclic) bond motifs is 1. The van der Waals surface area contributed by atoms with Crippen molar-refractivity contribution in [3.05, 3.63) is 153 Å². The topological polar surface area (TPSA) is 111 Å². The molecule has 244 valence electrons. The molecule has 0 aliphatic heterocycles. The molecule has 0 radical (unpaired) electrons. The highest BCUT2D eigenvalue weighted by atomic mass is 35.5. The van der Waals surface area contributed by atoms with Gasteiger partial charge in [-0.15, -0.1) is 23.1 Å².